The number of aromatic nitrogens is 2. The zero-order valence-corrected chi connectivity index (χ0v) is 16.8. The normalized spacial score (nSPS) is 11.4. The summed E-state index contributed by atoms with van der Waals surface area (Å²) >= 11 is 0. The van der Waals surface area contributed by atoms with E-state index in [0.29, 0.717) is 0 Å². The van der Waals surface area contributed by atoms with Crippen LogP contribution in [0.5, 0.6) is 0 Å². The Bertz CT molecular complexity index is 1530. The van der Waals surface area contributed by atoms with Crippen LogP contribution >= 0.6 is 0 Å². The molecule has 0 spiro atoms. The standard InChI is InChI=1S/C28H20N2O/c31-30-24-18-10-8-16-22(24)26(28(30)20-13-5-2-6-14-20)25-21-15-7-9-17-23(21)29-27(25)19-11-3-1-4-12-19/h1-18,29,31H. The molecule has 0 aliphatic rings. The lowest BCUT2D eigenvalue weighted by molar-refractivity contribution is 0.205. The zero-order valence-electron chi connectivity index (χ0n) is 16.8. The summed E-state index contributed by atoms with van der Waals surface area (Å²) in [5.74, 6) is 0. The lowest BCUT2D eigenvalue weighted by atomic mass is 9.94. The number of fused-ring (bicyclic) bond motifs is 2. The zero-order chi connectivity index (χ0) is 20.8. The van der Waals surface area contributed by atoms with Crippen molar-refractivity contribution in [1.29, 1.82) is 0 Å². The van der Waals surface area contributed by atoms with Crippen LogP contribution in [0.1, 0.15) is 0 Å². The lowest BCUT2D eigenvalue weighted by Gasteiger charge is -2.10. The largest absolute Gasteiger partial charge is 0.428 e. The van der Waals surface area contributed by atoms with Gasteiger partial charge < -0.3 is 10.2 Å². The molecule has 0 unspecified atom stereocenters. The van der Waals surface area contributed by atoms with Crippen molar-refractivity contribution in [2.75, 3.05) is 0 Å². The van der Waals surface area contributed by atoms with E-state index in [0.717, 1.165) is 55.4 Å². The van der Waals surface area contributed by atoms with Crippen molar-refractivity contribution in [3.05, 3.63) is 109 Å². The molecule has 6 aromatic rings. The monoisotopic (exact) mass is 400 g/mol. The molecule has 2 heterocycles. The summed E-state index contributed by atoms with van der Waals surface area (Å²) in [5.41, 5.74) is 7.93. The minimum atomic E-state index is 0.792. The van der Waals surface area contributed by atoms with Crippen LogP contribution in [0.3, 0.4) is 0 Å². The summed E-state index contributed by atoms with van der Waals surface area (Å²) in [6, 6.07) is 36.9. The molecule has 0 saturated heterocycles. The van der Waals surface area contributed by atoms with Gasteiger partial charge in [-0.3, -0.25) is 0 Å². The Kier molecular flexibility index (Phi) is 3.93. The number of H-pyrrole nitrogens is 1. The number of hydrogen-bond donors (Lipinski definition) is 2. The summed E-state index contributed by atoms with van der Waals surface area (Å²) < 4.78 is 1.33. The predicted molar refractivity (Wildman–Crippen MR) is 127 cm³/mol. The van der Waals surface area contributed by atoms with Gasteiger partial charge in [0.2, 0.25) is 0 Å². The first-order chi connectivity index (χ1) is 15.3. The van der Waals surface area contributed by atoms with Crippen molar-refractivity contribution in [3.63, 3.8) is 0 Å². The number of nitrogens with zero attached hydrogens (tertiary/aromatic N) is 1. The fourth-order valence-corrected chi connectivity index (χ4v) is 4.56. The smallest absolute Gasteiger partial charge is 0.0958 e. The summed E-state index contributed by atoms with van der Waals surface area (Å²) in [6.07, 6.45) is 0. The molecule has 0 bridgehead atoms. The molecule has 0 aliphatic carbocycles. The molecule has 0 fully saturated rings. The summed E-state index contributed by atoms with van der Waals surface area (Å²) in [6.45, 7) is 0. The highest BCUT2D eigenvalue weighted by Gasteiger charge is 2.25. The van der Waals surface area contributed by atoms with Gasteiger partial charge in [-0.2, -0.15) is 4.73 Å². The molecule has 3 heteroatoms. The minimum absolute atomic E-state index is 0.792. The molecule has 0 amide bonds. The molecule has 0 saturated carbocycles. The molecule has 2 N–H and O–H groups in total. The van der Waals surface area contributed by atoms with Gasteiger partial charge in [0, 0.05) is 33.0 Å². The Hall–Kier alpha value is -4.24. The molecule has 0 radical (unpaired) electrons. The van der Waals surface area contributed by atoms with Gasteiger partial charge in [-0.15, -0.1) is 0 Å². The average molecular weight is 400 g/mol. The Balaban J connectivity index is 1.81. The molecule has 3 nitrogen and oxygen atoms in total. The number of aromatic amines is 1. The van der Waals surface area contributed by atoms with E-state index in [1.165, 1.54) is 4.73 Å². The van der Waals surface area contributed by atoms with Gasteiger partial charge in [0.05, 0.1) is 16.9 Å². The number of benzene rings is 4. The second kappa shape index (κ2) is 6.92. The second-order valence-corrected chi connectivity index (χ2v) is 7.71. The average Bonchev–Trinajstić information content (AvgIpc) is 3.35. The van der Waals surface area contributed by atoms with Gasteiger partial charge in [0.15, 0.2) is 0 Å². The highest BCUT2D eigenvalue weighted by atomic mass is 16.5. The summed E-state index contributed by atoms with van der Waals surface area (Å²) in [5, 5.41) is 13.4. The summed E-state index contributed by atoms with van der Waals surface area (Å²) in [4.78, 5) is 3.64. The van der Waals surface area contributed by atoms with Crippen molar-refractivity contribution in [1.82, 2.24) is 9.71 Å². The number of hydrogen-bond acceptors (Lipinski definition) is 1. The first-order valence-corrected chi connectivity index (χ1v) is 10.4. The van der Waals surface area contributed by atoms with Crippen molar-refractivity contribution >= 4 is 21.8 Å². The highest BCUT2D eigenvalue weighted by Crippen LogP contribution is 2.46. The van der Waals surface area contributed by atoms with Crippen LogP contribution in [0.2, 0.25) is 0 Å². The second-order valence-electron chi connectivity index (χ2n) is 7.71. The maximum atomic E-state index is 11.3. The van der Waals surface area contributed by atoms with E-state index >= 15 is 0 Å². The first kappa shape index (κ1) is 17.6. The maximum Gasteiger partial charge on any atom is 0.0958 e. The van der Waals surface area contributed by atoms with Crippen LogP contribution in [0, 0.1) is 0 Å². The Morgan fingerprint density at radius 2 is 1.13 bits per heavy atom. The van der Waals surface area contributed by atoms with Gasteiger partial charge in [0.1, 0.15) is 0 Å². The molecule has 148 valence electrons. The predicted octanol–water partition coefficient (Wildman–Crippen LogP) is 7.36. The van der Waals surface area contributed by atoms with Gasteiger partial charge in [-0.05, 0) is 17.7 Å². The van der Waals surface area contributed by atoms with Gasteiger partial charge in [-0.25, -0.2) is 0 Å². The molecule has 0 aliphatic heterocycles. The molecular formula is C28H20N2O. The van der Waals surface area contributed by atoms with Gasteiger partial charge in [0.25, 0.3) is 0 Å². The van der Waals surface area contributed by atoms with Crippen molar-refractivity contribution in [3.8, 4) is 33.6 Å². The fraction of sp³-hybridized carbons (Fsp3) is 0. The third-order valence-electron chi connectivity index (χ3n) is 5.92. The van der Waals surface area contributed by atoms with E-state index in [1.54, 1.807) is 0 Å². The van der Waals surface area contributed by atoms with E-state index < -0.39 is 0 Å². The highest BCUT2D eigenvalue weighted by molar-refractivity contribution is 6.14. The van der Waals surface area contributed by atoms with E-state index in [-0.39, 0.29) is 0 Å². The molecule has 0 atom stereocenters. The topological polar surface area (TPSA) is 41.0 Å². The fourth-order valence-electron chi connectivity index (χ4n) is 4.56. The SMILES string of the molecule is On1c(-c2ccccc2)c(-c2c(-c3ccccc3)[nH]c3ccccc23)c2ccccc21. The van der Waals surface area contributed by atoms with Crippen LogP contribution in [-0.2, 0) is 0 Å². The Morgan fingerprint density at radius 3 is 1.87 bits per heavy atom. The number of nitrogens with one attached hydrogen (secondary N) is 1. The molecule has 2 aromatic heterocycles. The first-order valence-electron chi connectivity index (χ1n) is 10.4. The van der Waals surface area contributed by atoms with E-state index in [1.807, 2.05) is 60.7 Å². The van der Waals surface area contributed by atoms with Crippen molar-refractivity contribution < 1.29 is 5.21 Å². The van der Waals surface area contributed by atoms with Crippen molar-refractivity contribution in [2.24, 2.45) is 0 Å². The van der Waals surface area contributed by atoms with Crippen LogP contribution in [-0.4, -0.2) is 14.9 Å². The number of para-hydroxylation sites is 2. The molecule has 31 heavy (non-hydrogen) atoms. The Morgan fingerprint density at radius 1 is 0.548 bits per heavy atom. The van der Waals surface area contributed by atoms with E-state index in [2.05, 4.69) is 53.5 Å². The summed E-state index contributed by atoms with van der Waals surface area (Å²) in [7, 11) is 0. The quantitative estimate of drug-likeness (QED) is 0.299. The molecular weight excluding hydrogens is 380 g/mol. The van der Waals surface area contributed by atoms with E-state index in [4.69, 9.17) is 0 Å². The minimum Gasteiger partial charge on any atom is -0.428 e. The van der Waals surface area contributed by atoms with Gasteiger partial charge >= 0.3 is 0 Å². The lowest BCUT2D eigenvalue weighted by Crippen LogP contribution is -1.94. The molecule has 4 aromatic carbocycles. The Labute approximate surface area is 179 Å². The van der Waals surface area contributed by atoms with Crippen LogP contribution in [0.25, 0.3) is 55.4 Å². The van der Waals surface area contributed by atoms with Gasteiger partial charge in [-0.1, -0.05) is 97.1 Å². The van der Waals surface area contributed by atoms with Crippen LogP contribution in [0.4, 0.5) is 0 Å². The maximum absolute atomic E-state index is 11.3. The third kappa shape index (κ3) is 2.67. The van der Waals surface area contributed by atoms with Crippen LogP contribution in [0.15, 0.2) is 109 Å². The van der Waals surface area contributed by atoms with Crippen molar-refractivity contribution in [2.45, 2.75) is 0 Å². The number of rotatable bonds is 3. The third-order valence-corrected chi connectivity index (χ3v) is 5.92. The van der Waals surface area contributed by atoms with E-state index in [9.17, 15) is 5.21 Å². The van der Waals surface area contributed by atoms with Crippen LogP contribution < -0.4 is 0 Å². The molecule has 6 rings (SSSR count).